The maximum Gasteiger partial charge on any atom is 0.0625 e. The molecular weight excluding hydrogens is 671 g/mol. The molecule has 0 atom stereocenters. The summed E-state index contributed by atoms with van der Waals surface area (Å²) in [6.07, 6.45) is 0. The first-order valence-electron chi connectivity index (χ1n) is 19.0. The number of nitrogens with zero attached hydrogens (tertiary/aromatic N) is 1. The van der Waals surface area contributed by atoms with Crippen LogP contribution < -0.4 is 4.90 Å². The van der Waals surface area contributed by atoms with Crippen LogP contribution in [-0.4, -0.2) is 0 Å². The fourth-order valence-corrected chi connectivity index (χ4v) is 11.1. The van der Waals surface area contributed by atoms with Gasteiger partial charge in [0.1, 0.15) is 0 Å². The molecular formula is C52H39NS. The molecule has 9 aromatic rings. The molecule has 258 valence electrons. The lowest BCUT2D eigenvalue weighted by atomic mass is 9.82. The average molecular weight is 710 g/mol. The van der Waals surface area contributed by atoms with E-state index >= 15 is 0 Å². The number of hydrogen-bond acceptors (Lipinski definition) is 2. The minimum absolute atomic E-state index is 0.132. The van der Waals surface area contributed by atoms with Gasteiger partial charge in [0, 0.05) is 58.7 Å². The van der Waals surface area contributed by atoms with Gasteiger partial charge < -0.3 is 4.90 Å². The van der Waals surface area contributed by atoms with Crippen LogP contribution in [0.4, 0.5) is 17.1 Å². The van der Waals surface area contributed by atoms with Gasteiger partial charge in [0.05, 0.1) is 5.69 Å². The van der Waals surface area contributed by atoms with Crippen molar-refractivity contribution in [1.82, 2.24) is 0 Å². The van der Waals surface area contributed by atoms with Crippen molar-refractivity contribution < 1.29 is 0 Å². The Labute approximate surface area is 320 Å². The molecule has 0 aliphatic heterocycles. The summed E-state index contributed by atoms with van der Waals surface area (Å²) >= 11 is 1.91. The van der Waals surface area contributed by atoms with Crippen LogP contribution in [-0.2, 0) is 10.8 Å². The number of anilines is 3. The summed E-state index contributed by atoms with van der Waals surface area (Å²) in [6, 6.07) is 61.5. The molecule has 8 aromatic carbocycles. The number of benzene rings is 8. The molecule has 11 rings (SSSR count). The Hall–Kier alpha value is -5.96. The number of rotatable bonds is 4. The van der Waals surface area contributed by atoms with E-state index in [1.54, 1.807) is 0 Å². The average Bonchev–Trinajstić information content (AvgIpc) is 3.79. The highest BCUT2D eigenvalue weighted by molar-refractivity contribution is 7.26. The lowest BCUT2D eigenvalue weighted by molar-refractivity contribution is 0.660. The van der Waals surface area contributed by atoms with Crippen molar-refractivity contribution in [2.75, 3.05) is 4.90 Å². The molecule has 0 fully saturated rings. The van der Waals surface area contributed by atoms with Gasteiger partial charge in [-0.3, -0.25) is 0 Å². The van der Waals surface area contributed by atoms with E-state index in [1.807, 2.05) is 11.3 Å². The fraction of sp³-hybridized carbons (Fsp3) is 0.115. The molecule has 0 radical (unpaired) electrons. The third kappa shape index (κ3) is 4.26. The van der Waals surface area contributed by atoms with Crippen molar-refractivity contribution >= 4 is 59.3 Å². The van der Waals surface area contributed by atoms with E-state index in [9.17, 15) is 0 Å². The standard InChI is InChI=1S/C52H39NS/c1-51(2)42-23-13-10-18-35(42)37-28-26-33(30-44(37)51)53(34-27-29-38-36-19-11-14-24-43(36)52(3,4)45(38)31-34)49-39-20-8-9-21-40(39)50-48(41-22-12-15-25-46(41)54-50)47(49)32-16-6-5-7-17-32/h5-31H,1-4H3. The van der Waals surface area contributed by atoms with Gasteiger partial charge in [0.15, 0.2) is 0 Å². The Balaban J connectivity index is 1.28. The van der Waals surface area contributed by atoms with Crippen LogP contribution in [0.15, 0.2) is 164 Å². The molecule has 0 bridgehead atoms. The quantitative estimate of drug-likeness (QED) is 0.176. The highest BCUT2D eigenvalue weighted by Crippen LogP contribution is 2.57. The summed E-state index contributed by atoms with van der Waals surface area (Å²) in [5.74, 6) is 0. The van der Waals surface area contributed by atoms with Crippen molar-refractivity contribution in [3.8, 4) is 33.4 Å². The van der Waals surface area contributed by atoms with Crippen molar-refractivity contribution in [3.05, 3.63) is 186 Å². The van der Waals surface area contributed by atoms with Gasteiger partial charge in [-0.05, 0) is 80.4 Å². The molecule has 0 saturated carbocycles. The summed E-state index contributed by atoms with van der Waals surface area (Å²) < 4.78 is 2.65. The van der Waals surface area contributed by atoms with Crippen molar-refractivity contribution in [2.45, 2.75) is 38.5 Å². The zero-order chi connectivity index (χ0) is 36.3. The largest absolute Gasteiger partial charge is 0.309 e. The van der Waals surface area contributed by atoms with Crippen molar-refractivity contribution in [3.63, 3.8) is 0 Å². The fourth-order valence-electron chi connectivity index (χ4n) is 9.81. The predicted octanol–water partition coefficient (Wildman–Crippen LogP) is 15.0. The Morgan fingerprint density at radius 3 is 1.52 bits per heavy atom. The van der Waals surface area contributed by atoms with Gasteiger partial charge in [-0.25, -0.2) is 0 Å². The second kappa shape index (κ2) is 11.3. The zero-order valence-corrected chi connectivity index (χ0v) is 31.8. The molecule has 2 heteroatoms. The van der Waals surface area contributed by atoms with E-state index < -0.39 is 0 Å². The summed E-state index contributed by atoms with van der Waals surface area (Å²) in [7, 11) is 0. The minimum Gasteiger partial charge on any atom is -0.309 e. The highest BCUT2D eigenvalue weighted by Gasteiger charge is 2.38. The number of hydrogen-bond donors (Lipinski definition) is 0. The van der Waals surface area contributed by atoms with Crippen LogP contribution in [0.3, 0.4) is 0 Å². The van der Waals surface area contributed by atoms with Gasteiger partial charge in [0.25, 0.3) is 0 Å². The molecule has 1 aromatic heterocycles. The van der Waals surface area contributed by atoms with Crippen LogP contribution >= 0.6 is 11.3 Å². The first-order chi connectivity index (χ1) is 26.3. The van der Waals surface area contributed by atoms with Gasteiger partial charge in [-0.1, -0.05) is 161 Å². The normalized spacial score (nSPS) is 14.6. The molecule has 0 N–H and O–H groups in total. The van der Waals surface area contributed by atoms with E-state index in [-0.39, 0.29) is 10.8 Å². The maximum absolute atomic E-state index is 2.59. The smallest absolute Gasteiger partial charge is 0.0625 e. The highest BCUT2D eigenvalue weighted by atomic mass is 32.1. The van der Waals surface area contributed by atoms with Crippen LogP contribution in [0.25, 0.3) is 64.3 Å². The molecule has 0 amide bonds. The Morgan fingerprint density at radius 1 is 0.426 bits per heavy atom. The third-order valence-electron chi connectivity index (χ3n) is 12.4. The van der Waals surface area contributed by atoms with E-state index in [0.29, 0.717) is 0 Å². The topological polar surface area (TPSA) is 3.24 Å². The monoisotopic (exact) mass is 709 g/mol. The molecule has 0 spiro atoms. The first kappa shape index (κ1) is 31.6. The maximum atomic E-state index is 2.59. The summed E-state index contributed by atoms with van der Waals surface area (Å²) in [6.45, 7) is 9.54. The second-order valence-electron chi connectivity index (χ2n) is 16.1. The number of thiophene rings is 1. The first-order valence-corrected chi connectivity index (χ1v) is 19.8. The van der Waals surface area contributed by atoms with Crippen LogP contribution in [0.1, 0.15) is 49.9 Å². The van der Waals surface area contributed by atoms with Gasteiger partial charge in [-0.2, -0.15) is 0 Å². The third-order valence-corrected chi connectivity index (χ3v) is 13.6. The van der Waals surface area contributed by atoms with Crippen LogP contribution in [0.2, 0.25) is 0 Å². The second-order valence-corrected chi connectivity index (χ2v) is 17.1. The Kier molecular flexibility index (Phi) is 6.59. The van der Waals surface area contributed by atoms with E-state index in [0.717, 1.165) is 0 Å². The molecule has 2 aliphatic rings. The van der Waals surface area contributed by atoms with Gasteiger partial charge >= 0.3 is 0 Å². The lowest BCUT2D eigenvalue weighted by Gasteiger charge is -2.32. The molecule has 0 saturated heterocycles. The Bertz CT molecular complexity index is 2890. The van der Waals surface area contributed by atoms with Crippen LogP contribution in [0, 0.1) is 0 Å². The Morgan fingerprint density at radius 2 is 0.907 bits per heavy atom. The SMILES string of the molecule is CC1(C)c2ccccc2-c2ccc(N(c3ccc4c(c3)C(C)(C)c3ccccc3-4)c3c(-c4ccccc4)c4c5ccccc5sc4c4ccccc34)cc21. The summed E-state index contributed by atoms with van der Waals surface area (Å²) in [5.41, 5.74) is 16.7. The van der Waals surface area contributed by atoms with Gasteiger partial charge in [0.2, 0.25) is 0 Å². The predicted molar refractivity (Wildman–Crippen MR) is 232 cm³/mol. The van der Waals surface area contributed by atoms with Gasteiger partial charge in [-0.15, -0.1) is 11.3 Å². The minimum atomic E-state index is -0.132. The molecule has 54 heavy (non-hydrogen) atoms. The zero-order valence-electron chi connectivity index (χ0n) is 30.9. The summed E-state index contributed by atoms with van der Waals surface area (Å²) in [5, 5.41) is 5.17. The van der Waals surface area contributed by atoms with Crippen LogP contribution in [0.5, 0.6) is 0 Å². The van der Waals surface area contributed by atoms with E-state index in [4.69, 9.17) is 0 Å². The van der Waals surface area contributed by atoms with Crippen molar-refractivity contribution in [1.29, 1.82) is 0 Å². The lowest BCUT2D eigenvalue weighted by Crippen LogP contribution is -2.18. The van der Waals surface area contributed by atoms with Crippen molar-refractivity contribution in [2.24, 2.45) is 0 Å². The molecule has 0 unspecified atom stereocenters. The van der Waals surface area contributed by atoms with E-state index in [1.165, 1.54) is 104 Å². The summed E-state index contributed by atoms with van der Waals surface area (Å²) in [4.78, 5) is 2.59. The van der Waals surface area contributed by atoms with E-state index in [2.05, 4.69) is 196 Å². The molecule has 2 aliphatic carbocycles. The molecule has 1 nitrogen and oxygen atoms in total. The number of fused-ring (bicyclic) bond motifs is 11. The molecule has 1 heterocycles.